The Morgan fingerprint density at radius 3 is 2.47 bits per heavy atom. The summed E-state index contributed by atoms with van der Waals surface area (Å²) in [5.74, 6) is 0.624. The van der Waals surface area contributed by atoms with Gasteiger partial charge in [-0.15, -0.1) is 6.58 Å². The summed E-state index contributed by atoms with van der Waals surface area (Å²) in [7, 11) is 0. The highest BCUT2D eigenvalue weighted by atomic mass is 15.2. The quantitative estimate of drug-likeness (QED) is 0.250. The van der Waals surface area contributed by atoms with E-state index in [4.69, 9.17) is 10.5 Å². The second kappa shape index (κ2) is 9.16. The zero-order valence-electron chi connectivity index (χ0n) is 11.5. The van der Waals surface area contributed by atoms with E-state index in [1.807, 2.05) is 12.3 Å². The third kappa shape index (κ3) is 5.14. The van der Waals surface area contributed by atoms with Crippen molar-refractivity contribution < 1.29 is 0 Å². The van der Waals surface area contributed by atoms with Gasteiger partial charge >= 0.3 is 0 Å². The number of nitriles is 2. The third-order valence-corrected chi connectivity index (χ3v) is 3.59. The van der Waals surface area contributed by atoms with Gasteiger partial charge in [0.05, 0.1) is 12.5 Å². The minimum Gasteiger partial charge on any atom is -0.355 e. The van der Waals surface area contributed by atoms with Crippen LogP contribution in [0, 0.1) is 22.8 Å². The molecule has 1 aliphatic carbocycles. The maximum Gasteiger partial charge on any atom is 0.207 e. The van der Waals surface area contributed by atoms with Crippen molar-refractivity contribution in [3.8, 4) is 12.3 Å². The van der Waals surface area contributed by atoms with Crippen molar-refractivity contribution in [3.63, 3.8) is 0 Å². The van der Waals surface area contributed by atoms with E-state index in [9.17, 15) is 0 Å². The molecule has 1 fully saturated rings. The van der Waals surface area contributed by atoms with Gasteiger partial charge in [-0.3, -0.25) is 0 Å². The highest BCUT2D eigenvalue weighted by Gasteiger charge is 2.22. The molecule has 1 aliphatic rings. The monoisotopic (exact) mass is 258 g/mol. The van der Waals surface area contributed by atoms with Crippen LogP contribution in [-0.4, -0.2) is 23.3 Å². The van der Waals surface area contributed by atoms with E-state index in [1.165, 1.54) is 25.7 Å². The van der Waals surface area contributed by atoms with Crippen LogP contribution in [0.25, 0.3) is 0 Å². The molecule has 4 nitrogen and oxygen atoms in total. The van der Waals surface area contributed by atoms with Crippen LogP contribution >= 0.6 is 0 Å². The molecule has 102 valence electrons. The first-order valence-corrected chi connectivity index (χ1v) is 7.03. The number of amidine groups is 1. The summed E-state index contributed by atoms with van der Waals surface area (Å²) < 4.78 is 0. The van der Waals surface area contributed by atoms with Crippen LogP contribution in [-0.2, 0) is 0 Å². The Kier molecular flexibility index (Phi) is 7.35. The molecular formula is C15H22N4. The zero-order chi connectivity index (χ0) is 13.9. The Morgan fingerprint density at radius 2 is 1.95 bits per heavy atom. The molecule has 0 atom stereocenters. The van der Waals surface area contributed by atoms with Crippen molar-refractivity contribution in [2.45, 2.75) is 57.4 Å². The van der Waals surface area contributed by atoms with Gasteiger partial charge in [-0.25, -0.2) is 0 Å². The van der Waals surface area contributed by atoms with Crippen LogP contribution < -0.4 is 0 Å². The third-order valence-electron chi connectivity index (χ3n) is 3.59. The smallest absolute Gasteiger partial charge is 0.207 e. The largest absolute Gasteiger partial charge is 0.355 e. The van der Waals surface area contributed by atoms with Gasteiger partial charge in [0.1, 0.15) is 5.84 Å². The Balaban J connectivity index is 2.84. The first kappa shape index (κ1) is 15.2. The summed E-state index contributed by atoms with van der Waals surface area (Å²) >= 11 is 0. The normalized spacial score (nSPS) is 17.1. The zero-order valence-corrected chi connectivity index (χ0v) is 11.5. The highest BCUT2D eigenvalue weighted by Crippen LogP contribution is 2.23. The highest BCUT2D eigenvalue weighted by molar-refractivity contribution is 5.85. The van der Waals surface area contributed by atoms with Gasteiger partial charge in [0.2, 0.25) is 6.19 Å². The van der Waals surface area contributed by atoms with Gasteiger partial charge < -0.3 is 4.90 Å². The summed E-state index contributed by atoms with van der Waals surface area (Å²) in [5, 5.41) is 17.7. The van der Waals surface area contributed by atoms with Crippen molar-refractivity contribution in [2.24, 2.45) is 4.99 Å². The van der Waals surface area contributed by atoms with Crippen LogP contribution in [0.4, 0.5) is 0 Å². The van der Waals surface area contributed by atoms with E-state index in [1.54, 1.807) is 0 Å². The fourth-order valence-corrected chi connectivity index (χ4v) is 2.66. The van der Waals surface area contributed by atoms with Crippen molar-refractivity contribution in [2.75, 3.05) is 6.54 Å². The van der Waals surface area contributed by atoms with Gasteiger partial charge in [-0.2, -0.15) is 15.5 Å². The van der Waals surface area contributed by atoms with Crippen molar-refractivity contribution in [1.29, 1.82) is 10.5 Å². The standard InChI is InChI=1S/C15H22N4/c1-2-3-12-19(15(10-11-16)18-13-17)14-8-6-4-5-7-9-14/h2,14H,1,3-10,12H2. The molecule has 4 heteroatoms. The first-order valence-electron chi connectivity index (χ1n) is 7.03. The average molecular weight is 258 g/mol. The molecule has 0 amide bonds. The molecule has 0 aromatic heterocycles. The molecule has 19 heavy (non-hydrogen) atoms. The lowest BCUT2D eigenvalue weighted by molar-refractivity contribution is 0.284. The molecular weight excluding hydrogens is 236 g/mol. The van der Waals surface area contributed by atoms with E-state index in [0.717, 1.165) is 25.8 Å². The predicted octanol–water partition coefficient (Wildman–Crippen LogP) is 3.38. The lowest BCUT2D eigenvalue weighted by Crippen LogP contribution is -2.40. The van der Waals surface area contributed by atoms with Crippen LogP contribution in [0.3, 0.4) is 0 Å². The molecule has 0 aliphatic heterocycles. The van der Waals surface area contributed by atoms with Crippen molar-refractivity contribution >= 4 is 5.84 Å². The maximum atomic E-state index is 8.90. The molecule has 0 heterocycles. The molecule has 0 spiro atoms. The number of hydrogen-bond acceptors (Lipinski definition) is 3. The van der Waals surface area contributed by atoms with Gasteiger partial charge in [0.25, 0.3) is 0 Å². The second-order valence-corrected chi connectivity index (χ2v) is 4.88. The molecule has 0 radical (unpaired) electrons. The Hall–Kier alpha value is -1.81. The Labute approximate surface area is 116 Å². The Morgan fingerprint density at radius 1 is 1.26 bits per heavy atom. The molecule has 1 rings (SSSR count). The molecule has 0 N–H and O–H groups in total. The topological polar surface area (TPSA) is 63.2 Å². The van der Waals surface area contributed by atoms with E-state index < -0.39 is 0 Å². The van der Waals surface area contributed by atoms with Crippen LogP contribution in [0.2, 0.25) is 0 Å². The minimum absolute atomic E-state index is 0.210. The number of rotatable bonds is 5. The number of hydrogen-bond donors (Lipinski definition) is 0. The summed E-state index contributed by atoms with van der Waals surface area (Å²) in [6.45, 7) is 4.55. The lowest BCUT2D eigenvalue weighted by Gasteiger charge is -2.32. The van der Waals surface area contributed by atoms with Crippen molar-refractivity contribution in [1.82, 2.24) is 4.90 Å². The number of nitrogens with zero attached hydrogens (tertiary/aromatic N) is 4. The second-order valence-electron chi connectivity index (χ2n) is 4.88. The SMILES string of the molecule is C=CCCN(C(CC#N)=NC#N)C1CCCCCC1. The van der Waals surface area contributed by atoms with Gasteiger partial charge in [-0.1, -0.05) is 31.8 Å². The first-order chi connectivity index (χ1) is 9.33. The molecule has 1 saturated carbocycles. The summed E-state index contributed by atoms with van der Waals surface area (Å²) in [6.07, 6.45) is 12.1. The van der Waals surface area contributed by atoms with Crippen LogP contribution in [0.5, 0.6) is 0 Å². The Bertz CT molecular complexity index is 378. The summed E-state index contributed by atoms with van der Waals surface area (Å²) in [4.78, 5) is 6.03. The lowest BCUT2D eigenvalue weighted by atomic mass is 10.1. The van der Waals surface area contributed by atoms with Crippen molar-refractivity contribution in [3.05, 3.63) is 12.7 Å². The molecule has 0 aromatic rings. The predicted molar refractivity (Wildman–Crippen MR) is 76.3 cm³/mol. The minimum atomic E-state index is 0.210. The van der Waals surface area contributed by atoms with E-state index >= 15 is 0 Å². The summed E-state index contributed by atoms with van der Waals surface area (Å²) in [5.41, 5.74) is 0. The number of aliphatic imine (C=N–C) groups is 1. The van der Waals surface area contributed by atoms with Gasteiger partial charge in [0, 0.05) is 12.6 Å². The van der Waals surface area contributed by atoms with Crippen LogP contribution in [0.1, 0.15) is 51.4 Å². The van der Waals surface area contributed by atoms with Crippen LogP contribution in [0.15, 0.2) is 17.6 Å². The molecule has 0 aromatic carbocycles. The maximum absolute atomic E-state index is 8.90. The fraction of sp³-hybridized carbons (Fsp3) is 0.667. The van der Waals surface area contributed by atoms with Gasteiger partial charge in [-0.05, 0) is 19.3 Å². The molecule has 0 bridgehead atoms. The summed E-state index contributed by atoms with van der Waals surface area (Å²) in [6, 6.07) is 2.53. The van der Waals surface area contributed by atoms with Gasteiger partial charge in [0.15, 0.2) is 0 Å². The molecule has 0 saturated heterocycles. The van der Waals surface area contributed by atoms with E-state index in [-0.39, 0.29) is 6.42 Å². The fourth-order valence-electron chi connectivity index (χ4n) is 2.66. The molecule has 0 unspecified atom stereocenters. The van der Waals surface area contributed by atoms with E-state index in [0.29, 0.717) is 11.9 Å². The average Bonchev–Trinajstić information content (AvgIpc) is 2.69. The van der Waals surface area contributed by atoms with E-state index in [2.05, 4.69) is 22.5 Å².